The number of rotatable bonds is 5. The van der Waals surface area contributed by atoms with Crippen molar-refractivity contribution in [2.45, 2.75) is 12.5 Å². The summed E-state index contributed by atoms with van der Waals surface area (Å²) in [5.74, 6) is -0.137. The SMILES string of the molecule is CNC(=O)C1CN(C(=O)c2ccnn2C)CCN1CCc1ccccc1. The molecule has 1 aliphatic heterocycles. The topological polar surface area (TPSA) is 70.5 Å². The number of likely N-dealkylation sites (N-methyl/N-ethyl adjacent to an activating group) is 1. The molecule has 2 amide bonds. The van der Waals surface area contributed by atoms with Crippen LogP contribution < -0.4 is 5.32 Å². The molecule has 0 saturated carbocycles. The van der Waals surface area contributed by atoms with E-state index in [1.54, 1.807) is 35.9 Å². The molecule has 0 radical (unpaired) electrons. The molecule has 26 heavy (non-hydrogen) atoms. The van der Waals surface area contributed by atoms with Gasteiger partial charge in [-0.3, -0.25) is 19.2 Å². The number of hydrogen-bond acceptors (Lipinski definition) is 4. The molecule has 1 fully saturated rings. The Morgan fingerprint density at radius 1 is 1.19 bits per heavy atom. The number of aryl methyl sites for hydroxylation is 1. The van der Waals surface area contributed by atoms with E-state index in [1.165, 1.54) is 5.56 Å². The molecule has 1 unspecified atom stereocenters. The summed E-state index contributed by atoms with van der Waals surface area (Å²) in [7, 11) is 3.39. The van der Waals surface area contributed by atoms with Crippen LogP contribution in [-0.4, -0.2) is 70.7 Å². The maximum absolute atomic E-state index is 12.7. The quantitative estimate of drug-likeness (QED) is 0.850. The standard InChI is InChI=1S/C19H25N5O2/c1-20-18(25)17-14-24(19(26)16-8-10-21-22(16)2)13-12-23(17)11-9-15-6-4-3-5-7-15/h3-8,10,17H,9,11-14H2,1-2H3,(H,20,25). The van der Waals surface area contributed by atoms with E-state index in [0.717, 1.165) is 13.0 Å². The van der Waals surface area contributed by atoms with Gasteiger partial charge in [-0.2, -0.15) is 5.10 Å². The van der Waals surface area contributed by atoms with Gasteiger partial charge in [-0.05, 0) is 18.1 Å². The zero-order chi connectivity index (χ0) is 18.5. The zero-order valence-electron chi connectivity index (χ0n) is 15.3. The third kappa shape index (κ3) is 3.94. The number of nitrogens with one attached hydrogen (secondary N) is 1. The first-order chi connectivity index (χ1) is 12.6. The van der Waals surface area contributed by atoms with Gasteiger partial charge >= 0.3 is 0 Å². The fraction of sp³-hybridized carbons (Fsp3) is 0.421. The molecule has 1 aromatic heterocycles. The van der Waals surface area contributed by atoms with Crippen LogP contribution in [0.3, 0.4) is 0 Å². The third-order valence-corrected chi connectivity index (χ3v) is 4.90. The molecule has 0 aliphatic carbocycles. The largest absolute Gasteiger partial charge is 0.358 e. The van der Waals surface area contributed by atoms with Crippen LogP contribution in [0.4, 0.5) is 0 Å². The molecule has 7 heteroatoms. The monoisotopic (exact) mass is 355 g/mol. The number of carbonyl (C=O) groups excluding carboxylic acids is 2. The van der Waals surface area contributed by atoms with Gasteiger partial charge in [-0.15, -0.1) is 0 Å². The first kappa shape index (κ1) is 18.1. The number of piperazine rings is 1. The van der Waals surface area contributed by atoms with Crippen molar-refractivity contribution in [3.63, 3.8) is 0 Å². The Hall–Kier alpha value is -2.67. The van der Waals surface area contributed by atoms with Gasteiger partial charge in [-0.25, -0.2) is 0 Å². The number of carbonyl (C=O) groups is 2. The van der Waals surface area contributed by atoms with Crippen molar-refractivity contribution in [1.29, 1.82) is 0 Å². The number of nitrogens with zero attached hydrogens (tertiary/aromatic N) is 4. The lowest BCUT2D eigenvalue weighted by atomic mass is 10.1. The Kier molecular flexibility index (Phi) is 5.68. The second kappa shape index (κ2) is 8.14. The van der Waals surface area contributed by atoms with Crippen molar-refractivity contribution in [2.24, 2.45) is 7.05 Å². The summed E-state index contributed by atoms with van der Waals surface area (Å²) < 4.78 is 1.57. The van der Waals surface area contributed by atoms with Gasteiger partial charge < -0.3 is 10.2 Å². The molecule has 2 heterocycles. The zero-order valence-corrected chi connectivity index (χ0v) is 15.3. The summed E-state index contributed by atoms with van der Waals surface area (Å²) >= 11 is 0. The second-order valence-electron chi connectivity index (χ2n) is 6.49. The minimum Gasteiger partial charge on any atom is -0.358 e. The van der Waals surface area contributed by atoms with Crippen molar-refractivity contribution in [1.82, 2.24) is 24.9 Å². The maximum Gasteiger partial charge on any atom is 0.272 e. The number of hydrogen-bond donors (Lipinski definition) is 1. The van der Waals surface area contributed by atoms with Crippen molar-refractivity contribution < 1.29 is 9.59 Å². The van der Waals surface area contributed by atoms with Gasteiger partial charge in [0, 0.05) is 46.5 Å². The Morgan fingerprint density at radius 2 is 1.96 bits per heavy atom. The summed E-state index contributed by atoms with van der Waals surface area (Å²) in [6.07, 6.45) is 2.49. The minimum absolute atomic E-state index is 0.0550. The normalized spacial score (nSPS) is 17.9. The number of benzene rings is 1. The molecule has 3 rings (SSSR count). The molecule has 2 aromatic rings. The highest BCUT2D eigenvalue weighted by molar-refractivity contribution is 5.93. The Labute approximate surface area is 153 Å². The van der Waals surface area contributed by atoms with Gasteiger partial charge in [0.25, 0.3) is 5.91 Å². The highest BCUT2D eigenvalue weighted by atomic mass is 16.2. The summed E-state index contributed by atoms with van der Waals surface area (Å²) in [6.45, 7) is 2.45. The number of amides is 2. The average Bonchev–Trinajstić information content (AvgIpc) is 3.11. The Morgan fingerprint density at radius 3 is 2.62 bits per heavy atom. The van der Waals surface area contributed by atoms with Crippen LogP contribution in [-0.2, 0) is 18.3 Å². The number of aromatic nitrogens is 2. The van der Waals surface area contributed by atoms with Crippen LogP contribution in [0.5, 0.6) is 0 Å². The highest BCUT2D eigenvalue weighted by Crippen LogP contribution is 2.15. The van der Waals surface area contributed by atoms with E-state index in [-0.39, 0.29) is 17.9 Å². The smallest absolute Gasteiger partial charge is 0.272 e. The summed E-state index contributed by atoms with van der Waals surface area (Å²) in [5, 5.41) is 6.79. The molecule has 1 atom stereocenters. The molecule has 0 spiro atoms. The molecule has 7 nitrogen and oxygen atoms in total. The molecule has 1 saturated heterocycles. The van der Waals surface area contributed by atoms with E-state index in [2.05, 4.69) is 27.4 Å². The van der Waals surface area contributed by atoms with E-state index >= 15 is 0 Å². The van der Waals surface area contributed by atoms with Crippen molar-refractivity contribution in [2.75, 3.05) is 33.2 Å². The highest BCUT2D eigenvalue weighted by Gasteiger charge is 2.34. The van der Waals surface area contributed by atoms with E-state index < -0.39 is 0 Å². The van der Waals surface area contributed by atoms with Gasteiger partial charge in [0.05, 0.1) is 0 Å². The maximum atomic E-state index is 12.7. The second-order valence-corrected chi connectivity index (χ2v) is 6.49. The summed E-state index contributed by atoms with van der Waals surface area (Å²) in [5.41, 5.74) is 1.79. The predicted octanol–water partition coefficient (Wildman–Crippen LogP) is 0.535. The van der Waals surface area contributed by atoms with Crippen LogP contribution in [0.25, 0.3) is 0 Å². The van der Waals surface area contributed by atoms with Crippen LogP contribution in [0, 0.1) is 0 Å². The van der Waals surface area contributed by atoms with Gasteiger partial charge in [0.15, 0.2) is 0 Å². The van der Waals surface area contributed by atoms with Crippen molar-refractivity contribution >= 4 is 11.8 Å². The molecular weight excluding hydrogens is 330 g/mol. The van der Waals surface area contributed by atoms with E-state index in [0.29, 0.717) is 25.3 Å². The summed E-state index contributed by atoms with van der Waals surface area (Å²) in [4.78, 5) is 29.1. The first-order valence-electron chi connectivity index (χ1n) is 8.87. The fourth-order valence-corrected chi connectivity index (χ4v) is 3.35. The van der Waals surface area contributed by atoms with Gasteiger partial charge in [0.1, 0.15) is 11.7 Å². The summed E-state index contributed by atoms with van der Waals surface area (Å²) in [6, 6.07) is 11.6. The predicted molar refractivity (Wildman–Crippen MR) is 98.7 cm³/mol. The molecule has 1 N–H and O–H groups in total. The van der Waals surface area contributed by atoms with Crippen LogP contribution >= 0.6 is 0 Å². The lowest BCUT2D eigenvalue weighted by molar-refractivity contribution is -0.127. The van der Waals surface area contributed by atoms with E-state index in [4.69, 9.17) is 0 Å². The van der Waals surface area contributed by atoms with Crippen LogP contribution in [0.1, 0.15) is 16.1 Å². The molecule has 0 bridgehead atoms. The lowest BCUT2D eigenvalue weighted by Gasteiger charge is -2.40. The Balaban J connectivity index is 1.68. The molecular formula is C19H25N5O2. The third-order valence-electron chi connectivity index (χ3n) is 4.90. The first-order valence-corrected chi connectivity index (χ1v) is 8.87. The Bertz CT molecular complexity index is 758. The minimum atomic E-state index is -0.338. The van der Waals surface area contributed by atoms with Gasteiger partial charge in [-0.1, -0.05) is 30.3 Å². The molecule has 138 valence electrons. The molecule has 1 aromatic carbocycles. The fourth-order valence-electron chi connectivity index (χ4n) is 3.35. The average molecular weight is 355 g/mol. The van der Waals surface area contributed by atoms with Gasteiger partial charge in [0.2, 0.25) is 5.91 Å². The van der Waals surface area contributed by atoms with E-state index in [1.807, 2.05) is 18.2 Å². The lowest BCUT2D eigenvalue weighted by Crippen LogP contribution is -2.60. The van der Waals surface area contributed by atoms with Crippen LogP contribution in [0.2, 0.25) is 0 Å². The van der Waals surface area contributed by atoms with Crippen molar-refractivity contribution in [3.8, 4) is 0 Å². The van der Waals surface area contributed by atoms with Crippen molar-refractivity contribution in [3.05, 3.63) is 53.9 Å². The molecule has 1 aliphatic rings. The van der Waals surface area contributed by atoms with E-state index in [9.17, 15) is 9.59 Å². The van der Waals surface area contributed by atoms with Crippen LogP contribution in [0.15, 0.2) is 42.6 Å².